The van der Waals surface area contributed by atoms with Crippen LogP contribution in [0.5, 0.6) is 0 Å². The van der Waals surface area contributed by atoms with Gasteiger partial charge in [-0.2, -0.15) is 0 Å². The number of piperazine rings is 1. The normalized spacial score (nSPS) is 18.2. The number of benzene rings is 1. The van der Waals surface area contributed by atoms with E-state index < -0.39 is 11.9 Å². The lowest BCUT2D eigenvalue weighted by atomic mass is 10.0. The van der Waals surface area contributed by atoms with Crippen LogP contribution in [0.1, 0.15) is 63.5 Å². The van der Waals surface area contributed by atoms with Gasteiger partial charge in [-0.3, -0.25) is 28.9 Å². The van der Waals surface area contributed by atoms with E-state index in [-0.39, 0.29) is 37.0 Å². The Kier molecular flexibility index (Phi) is 13.0. The molecule has 2 fully saturated rings. The lowest BCUT2D eigenvalue weighted by Gasteiger charge is -2.36. The molecule has 6 heterocycles. The standard InChI is InChI=1S/C41H48N12O5/c1-2-30(13-14-31-25-38(56)53(49-47-31)35-17-18-36(54)46-40(35)57)42-19-7-5-3-4-6-10-37(55)51-22-20-50(21-23-51)32-15-11-29(12-16-32)34-27-44-41(52-28-45-48-39(34)52)43-26-33-9-8-24-58-33/h2,8-9,11-16,24,27-28,35,42H,1,3-7,10,17-23,25-26H2,(H,43,44)(H,46,54,57)/b30-13+,31-14+. The minimum Gasteiger partial charge on any atom is -0.467 e. The Morgan fingerprint density at radius 2 is 1.83 bits per heavy atom. The second-order valence-corrected chi connectivity index (χ2v) is 14.4. The first kappa shape index (κ1) is 39.6. The Bertz CT molecular complexity index is 2190. The van der Waals surface area contributed by atoms with Crippen molar-refractivity contribution in [3.63, 3.8) is 0 Å². The van der Waals surface area contributed by atoms with Gasteiger partial charge in [0.2, 0.25) is 17.8 Å². The second kappa shape index (κ2) is 19.0. The first-order chi connectivity index (χ1) is 28.4. The highest BCUT2D eigenvalue weighted by Crippen LogP contribution is 2.28. The van der Waals surface area contributed by atoms with E-state index in [2.05, 4.69) is 77.2 Å². The fourth-order valence-electron chi connectivity index (χ4n) is 7.18. The Morgan fingerprint density at radius 3 is 2.59 bits per heavy atom. The number of allylic oxidation sites excluding steroid dienone is 3. The number of imide groups is 1. The Hall–Kier alpha value is -6.65. The highest BCUT2D eigenvalue weighted by molar-refractivity contribution is 6.01. The molecule has 1 unspecified atom stereocenters. The number of amides is 4. The monoisotopic (exact) mass is 788 g/mol. The topological polar surface area (TPSA) is 195 Å². The third-order valence-electron chi connectivity index (χ3n) is 10.4. The summed E-state index contributed by atoms with van der Waals surface area (Å²) in [5.74, 6) is 0.437. The molecule has 0 saturated carbocycles. The van der Waals surface area contributed by atoms with Crippen LogP contribution in [0.3, 0.4) is 0 Å². The molecular weight excluding hydrogens is 741 g/mol. The van der Waals surface area contributed by atoms with E-state index in [4.69, 9.17) is 4.42 Å². The molecule has 2 saturated heterocycles. The van der Waals surface area contributed by atoms with Gasteiger partial charge in [-0.25, -0.2) is 9.99 Å². The maximum atomic E-state index is 13.0. The van der Waals surface area contributed by atoms with E-state index >= 15 is 0 Å². The molecule has 4 amide bonds. The third kappa shape index (κ3) is 9.83. The molecule has 0 radical (unpaired) electrons. The summed E-state index contributed by atoms with van der Waals surface area (Å²) in [6.07, 6.45) is 16.2. The zero-order valence-electron chi connectivity index (χ0n) is 32.4. The Balaban J connectivity index is 0.770. The molecule has 302 valence electrons. The summed E-state index contributed by atoms with van der Waals surface area (Å²) in [5, 5.41) is 26.4. The number of carbonyl (C=O) groups excluding carboxylic acids is 4. The molecular formula is C41H48N12O5. The summed E-state index contributed by atoms with van der Waals surface area (Å²) >= 11 is 0. The second-order valence-electron chi connectivity index (χ2n) is 14.4. The van der Waals surface area contributed by atoms with Crippen molar-refractivity contribution >= 4 is 40.9 Å². The van der Waals surface area contributed by atoms with E-state index in [9.17, 15) is 19.2 Å². The van der Waals surface area contributed by atoms with Gasteiger partial charge in [0.1, 0.15) is 18.1 Å². The van der Waals surface area contributed by atoms with Gasteiger partial charge in [-0.15, -0.1) is 15.3 Å². The zero-order chi connectivity index (χ0) is 40.3. The molecule has 3 N–H and O–H groups in total. The lowest BCUT2D eigenvalue weighted by Crippen LogP contribution is -2.52. The van der Waals surface area contributed by atoms with Crippen molar-refractivity contribution < 1.29 is 23.6 Å². The highest BCUT2D eigenvalue weighted by atomic mass is 16.3. The number of furan rings is 1. The van der Waals surface area contributed by atoms with Gasteiger partial charge in [0, 0.05) is 68.7 Å². The summed E-state index contributed by atoms with van der Waals surface area (Å²) in [6, 6.07) is 11.3. The molecule has 0 bridgehead atoms. The van der Waals surface area contributed by atoms with Gasteiger partial charge in [0.25, 0.3) is 11.8 Å². The number of carbonyl (C=O) groups is 4. The van der Waals surface area contributed by atoms with Crippen molar-refractivity contribution in [3.8, 4) is 11.1 Å². The first-order valence-corrected chi connectivity index (χ1v) is 19.8. The molecule has 17 nitrogen and oxygen atoms in total. The maximum Gasteiger partial charge on any atom is 0.251 e. The Morgan fingerprint density at radius 1 is 1.02 bits per heavy atom. The summed E-state index contributed by atoms with van der Waals surface area (Å²) in [5.41, 5.74) is 4.98. The van der Waals surface area contributed by atoms with Crippen molar-refractivity contribution in [1.82, 2.24) is 40.1 Å². The predicted molar refractivity (Wildman–Crippen MR) is 216 cm³/mol. The first-order valence-electron chi connectivity index (χ1n) is 19.8. The number of aromatic nitrogens is 4. The summed E-state index contributed by atoms with van der Waals surface area (Å²) in [4.78, 5) is 58.1. The van der Waals surface area contributed by atoms with Crippen LogP contribution in [0.25, 0.3) is 16.8 Å². The predicted octanol–water partition coefficient (Wildman–Crippen LogP) is 4.93. The molecule has 4 aromatic rings. The van der Waals surface area contributed by atoms with Gasteiger partial charge in [-0.05, 0) is 67.3 Å². The smallest absolute Gasteiger partial charge is 0.251 e. The molecule has 17 heteroatoms. The third-order valence-corrected chi connectivity index (χ3v) is 10.4. The van der Waals surface area contributed by atoms with E-state index in [1.54, 1.807) is 30.8 Å². The minimum atomic E-state index is -0.818. The van der Waals surface area contributed by atoms with Crippen LogP contribution in [0, 0.1) is 0 Å². The summed E-state index contributed by atoms with van der Waals surface area (Å²) in [7, 11) is 0. The highest BCUT2D eigenvalue weighted by Gasteiger charge is 2.36. The van der Waals surface area contributed by atoms with Crippen LogP contribution < -0.4 is 20.9 Å². The van der Waals surface area contributed by atoms with Gasteiger partial charge in [0.15, 0.2) is 5.65 Å². The summed E-state index contributed by atoms with van der Waals surface area (Å²) in [6.45, 7) is 8.11. The van der Waals surface area contributed by atoms with E-state index in [1.165, 1.54) is 0 Å². The Labute approximate surface area is 335 Å². The maximum absolute atomic E-state index is 13.0. The molecule has 3 aliphatic heterocycles. The lowest BCUT2D eigenvalue weighted by molar-refractivity contribution is -0.146. The number of anilines is 2. The molecule has 0 aliphatic carbocycles. The SMILES string of the molecule is C=C/C(=C\C=C1/CC(=O)N(C2CCC(=O)NC2=O)N=N1)NCCCCCCCC(=O)N1CCN(c2ccc(-c3cnc(NCc4ccco4)n4cnnc34)cc2)CC1. The largest absolute Gasteiger partial charge is 0.467 e. The average Bonchev–Trinajstić information content (AvgIpc) is 3.96. The number of hydrogen-bond donors (Lipinski definition) is 3. The van der Waals surface area contributed by atoms with Crippen molar-refractivity contribution in [2.45, 2.75) is 70.4 Å². The number of fused-ring (bicyclic) bond motifs is 1. The van der Waals surface area contributed by atoms with Crippen molar-refractivity contribution in [2.24, 2.45) is 10.3 Å². The molecule has 0 spiro atoms. The zero-order valence-corrected chi connectivity index (χ0v) is 32.4. The molecule has 3 aromatic heterocycles. The van der Waals surface area contributed by atoms with E-state index in [1.807, 2.05) is 27.6 Å². The quantitative estimate of drug-likeness (QED) is 0.0746. The number of unbranched alkanes of at least 4 members (excludes halogenated alkanes) is 4. The molecule has 1 aromatic carbocycles. The van der Waals surface area contributed by atoms with Crippen LogP contribution in [0.2, 0.25) is 0 Å². The fraction of sp³-hybridized carbons (Fsp3) is 0.390. The number of hydrogen-bond acceptors (Lipinski definition) is 13. The molecule has 7 rings (SSSR count). The van der Waals surface area contributed by atoms with Gasteiger partial charge in [-0.1, -0.05) is 43.2 Å². The number of nitrogens with zero attached hydrogens (tertiary/aromatic N) is 9. The molecule has 1 atom stereocenters. The van der Waals surface area contributed by atoms with E-state index in [0.29, 0.717) is 43.3 Å². The summed E-state index contributed by atoms with van der Waals surface area (Å²) < 4.78 is 7.25. The van der Waals surface area contributed by atoms with Gasteiger partial charge >= 0.3 is 0 Å². The van der Waals surface area contributed by atoms with Crippen LogP contribution in [0.15, 0.2) is 106 Å². The van der Waals surface area contributed by atoms with Crippen LogP contribution >= 0.6 is 0 Å². The molecule has 58 heavy (non-hydrogen) atoms. The van der Waals surface area contributed by atoms with Crippen LogP contribution in [-0.4, -0.2) is 91.9 Å². The average molecular weight is 789 g/mol. The van der Waals surface area contributed by atoms with Gasteiger partial charge < -0.3 is 24.9 Å². The number of nitrogens with one attached hydrogen (secondary N) is 3. The number of piperidine rings is 1. The van der Waals surface area contributed by atoms with Crippen molar-refractivity contribution in [2.75, 3.05) is 42.9 Å². The molecule has 3 aliphatic rings. The fourth-order valence-corrected chi connectivity index (χ4v) is 7.18. The van der Waals surface area contributed by atoms with Gasteiger partial charge in [0.05, 0.1) is 24.9 Å². The van der Waals surface area contributed by atoms with Crippen molar-refractivity contribution in [3.05, 3.63) is 97.1 Å². The number of rotatable bonds is 17. The van der Waals surface area contributed by atoms with Crippen LogP contribution in [-0.2, 0) is 25.7 Å². The minimum absolute atomic E-state index is 0.00739. The van der Waals surface area contributed by atoms with Crippen LogP contribution in [0.4, 0.5) is 11.6 Å². The van der Waals surface area contributed by atoms with E-state index in [0.717, 1.165) is 85.0 Å². The van der Waals surface area contributed by atoms with Crippen molar-refractivity contribution in [1.29, 1.82) is 0 Å².